The highest BCUT2D eigenvalue weighted by atomic mass is 16.6. The van der Waals surface area contributed by atoms with Gasteiger partial charge in [-0.15, -0.1) is 0 Å². The van der Waals surface area contributed by atoms with E-state index in [4.69, 9.17) is 29.8 Å². The Bertz CT molecular complexity index is 190. The van der Waals surface area contributed by atoms with Crippen molar-refractivity contribution in [3.63, 3.8) is 0 Å². The van der Waals surface area contributed by atoms with Gasteiger partial charge in [0.15, 0.2) is 0 Å². The Morgan fingerprint density at radius 1 is 0.778 bits per heavy atom. The van der Waals surface area contributed by atoms with Gasteiger partial charge in [0.2, 0.25) is 0 Å². The van der Waals surface area contributed by atoms with Crippen molar-refractivity contribution >= 4 is 5.97 Å². The zero-order chi connectivity index (χ0) is 13.5. The largest absolute Gasteiger partial charge is 0.481 e. The predicted octanol–water partition coefficient (Wildman–Crippen LogP) is -0.514. The molecule has 0 amide bonds. The fraction of sp³-hybridized carbons (Fsp3) is 0.909. The molecule has 0 aromatic rings. The van der Waals surface area contributed by atoms with Crippen LogP contribution in [-0.4, -0.2) is 70.5 Å². The maximum Gasteiger partial charge on any atom is 0.305 e. The zero-order valence-electron chi connectivity index (χ0n) is 10.6. The van der Waals surface area contributed by atoms with E-state index in [9.17, 15) is 4.79 Å². The van der Waals surface area contributed by atoms with E-state index in [-0.39, 0.29) is 13.0 Å². The van der Waals surface area contributed by atoms with Gasteiger partial charge in [0.05, 0.1) is 59.3 Å². The van der Waals surface area contributed by atoms with E-state index in [1.54, 1.807) is 0 Å². The van der Waals surface area contributed by atoms with Crippen LogP contribution in [0, 0.1) is 0 Å². The highest BCUT2D eigenvalue weighted by Gasteiger charge is 1.96. The molecule has 0 saturated carbocycles. The SMILES string of the molecule is NCCOCCOCCOCCOCCC(=O)O. The maximum atomic E-state index is 10.2. The summed E-state index contributed by atoms with van der Waals surface area (Å²) < 4.78 is 20.6. The summed E-state index contributed by atoms with van der Waals surface area (Å²) in [6.07, 6.45) is 0.0198. The number of carbonyl (C=O) groups is 1. The fourth-order valence-corrected chi connectivity index (χ4v) is 1.00. The summed E-state index contributed by atoms with van der Waals surface area (Å²) in [5.74, 6) is -0.860. The van der Waals surface area contributed by atoms with E-state index in [0.717, 1.165) is 0 Å². The molecule has 0 rings (SSSR count). The standard InChI is InChI=1S/C11H23NO6/c12-2-4-16-6-8-18-10-9-17-7-5-15-3-1-11(13)14/h1-10,12H2,(H,13,14). The van der Waals surface area contributed by atoms with Crippen LogP contribution in [0.25, 0.3) is 0 Å². The molecule has 0 atom stereocenters. The molecular formula is C11H23NO6. The van der Waals surface area contributed by atoms with Crippen molar-refractivity contribution < 1.29 is 28.8 Å². The second-order valence-corrected chi connectivity index (χ2v) is 3.38. The van der Waals surface area contributed by atoms with Crippen LogP contribution in [0.1, 0.15) is 6.42 Å². The molecule has 0 radical (unpaired) electrons. The van der Waals surface area contributed by atoms with Crippen molar-refractivity contribution in [2.75, 3.05) is 59.4 Å². The number of aliphatic carboxylic acids is 1. The summed E-state index contributed by atoms with van der Waals surface area (Å²) >= 11 is 0. The summed E-state index contributed by atoms with van der Waals surface area (Å²) in [5.41, 5.74) is 5.25. The Hall–Kier alpha value is -0.730. The van der Waals surface area contributed by atoms with Crippen molar-refractivity contribution in [1.29, 1.82) is 0 Å². The molecule has 18 heavy (non-hydrogen) atoms. The number of rotatable bonds is 14. The molecule has 0 bridgehead atoms. The predicted molar refractivity (Wildman–Crippen MR) is 64.6 cm³/mol. The van der Waals surface area contributed by atoms with Gasteiger partial charge in [-0.05, 0) is 0 Å². The summed E-state index contributed by atoms with van der Waals surface area (Å²) in [6, 6.07) is 0. The first kappa shape index (κ1) is 17.3. The number of nitrogens with two attached hydrogens (primary N) is 1. The van der Waals surface area contributed by atoms with Crippen molar-refractivity contribution in [1.82, 2.24) is 0 Å². The molecule has 0 unspecified atom stereocenters. The Kier molecular flexibility index (Phi) is 13.8. The number of carboxylic acid groups (broad SMARTS) is 1. The monoisotopic (exact) mass is 265 g/mol. The molecule has 0 aliphatic carbocycles. The molecule has 0 aliphatic rings. The highest BCUT2D eigenvalue weighted by molar-refractivity contribution is 5.66. The van der Waals surface area contributed by atoms with Crippen LogP contribution < -0.4 is 5.73 Å². The molecule has 0 aromatic carbocycles. The van der Waals surface area contributed by atoms with E-state index in [0.29, 0.717) is 52.8 Å². The second-order valence-electron chi connectivity index (χ2n) is 3.38. The van der Waals surface area contributed by atoms with Crippen molar-refractivity contribution in [3.8, 4) is 0 Å². The number of carboxylic acids is 1. The zero-order valence-corrected chi connectivity index (χ0v) is 10.6. The molecule has 0 aliphatic heterocycles. The molecule has 7 heteroatoms. The Balaban J connectivity index is 2.92. The van der Waals surface area contributed by atoms with Gasteiger partial charge in [-0.1, -0.05) is 0 Å². The van der Waals surface area contributed by atoms with E-state index in [1.165, 1.54) is 0 Å². The third-order valence-corrected chi connectivity index (χ3v) is 1.84. The van der Waals surface area contributed by atoms with Crippen LogP contribution in [0.5, 0.6) is 0 Å². The van der Waals surface area contributed by atoms with Gasteiger partial charge in [0.1, 0.15) is 0 Å². The van der Waals surface area contributed by atoms with Gasteiger partial charge in [-0.3, -0.25) is 4.79 Å². The lowest BCUT2D eigenvalue weighted by Crippen LogP contribution is -2.14. The Morgan fingerprint density at radius 2 is 1.17 bits per heavy atom. The van der Waals surface area contributed by atoms with Crippen molar-refractivity contribution in [3.05, 3.63) is 0 Å². The maximum absolute atomic E-state index is 10.2. The van der Waals surface area contributed by atoms with Gasteiger partial charge in [0.25, 0.3) is 0 Å². The third kappa shape index (κ3) is 15.3. The Labute approximate surface area is 107 Å². The van der Waals surface area contributed by atoms with Gasteiger partial charge in [-0.2, -0.15) is 0 Å². The van der Waals surface area contributed by atoms with Crippen molar-refractivity contribution in [2.45, 2.75) is 6.42 Å². The van der Waals surface area contributed by atoms with Crippen LogP contribution in [0.3, 0.4) is 0 Å². The lowest BCUT2D eigenvalue weighted by molar-refractivity contribution is -0.138. The van der Waals surface area contributed by atoms with Crippen LogP contribution in [0.4, 0.5) is 0 Å². The van der Waals surface area contributed by atoms with Gasteiger partial charge in [-0.25, -0.2) is 0 Å². The molecule has 3 N–H and O–H groups in total. The minimum Gasteiger partial charge on any atom is -0.481 e. The quantitative estimate of drug-likeness (QED) is 0.408. The van der Waals surface area contributed by atoms with Gasteiger partial charge in [0, 0.05) is 6.54 Å². The minimum absolute atomic E-state index is 0.0198. The first-order valence-corrected chi connectivity index (χ1v) is 6.00. The topological polar surface area (TPSA) is 100 Å². The van der Waals surface area contributed by atoms with E-state index >= 15 is 0 Å². The summed E-state index contributed by atoms with van der Waals surface area (Å²) in [4.78, 5) is 10.2. The van der Waals surface area contributed by atoms with Crippen LogP contribution in [0.2, 0.25) is 0 Å². The summed E-state index contributed by atoms with van der Waals surface area (Å²) in [7, 11) is 0. The lowest BCUT2D eigenvalue weighted by Gasteiger charge is -2.06. The van der Waals surface area contributed by atoms with Crippen LogP contribution in [0.15, 0.2) is 0 Å². The van der Waals surface area contributed by atoms with Crippen LogP contribution >= 0.6 is 0 Å². The first-order chi connectivity index (χ1) is 8.77. The van der Waals surface area contributed by atoms with Crippen LogP contribution in [-0.2, 0) is 23.7 Å². The third-order valence-electron chi connectivity index (χ3n) is 1.84. The molecular weight excluding hydrogens is 242 g/mol. The number of hydrogen-bond acceptors (Lipinski definition) is 6. The fourth-order valence-electron chi connectivity index (χ4n) is 1.00. The molecule has 0 aromatic heterocycles. The average Bonchev–Trinajstić information content (AvgIpc) is 2.34. The Morgan fingerprint density at radius 3 is 1.56 bits per heavy atom. The molecule has 7 nitrogen and oxygen atoms in total. The average molecular weight is 265 g/mol. The van der Waals surface area contributed by atoms with E-state index in [2.05, 4.69) is 0 Å². The molecule has 0 spiro atoms. The van der Waals surface area contributed by atoms with Crippen molar-refractivity contribution in [2.24, 2.45) is 5.73 Å². The first-order valence-electron chi connectivity index (χ1n) is 6.00. The molecule has 108 valence electrons. The summed E-state index contributed by atoms with van der Waals surface area (Å²) in [6.45, 7) is 4.17. The molecule has 0 saturated heterocycles. The number of ether oxygens (including phenoxy) is 4. The van der Waals surface area contributed by atoms with E-state index in [1.807, 2.05) is 0 Å². The number of hydrogen-bond donors (Lipinski definition) is 2. The molecule has 0 heterocycles. The smallest absolute Gasteiger partial charge is 0.305 e. The van der Waals surface area contributed by atoms with Gasteiger partial charge < -0.3 is 29.8 Å². The second kappa shape index (κ2) is 14.3. The minimum atomic E-state index is -0.860. The van der Waals surface area contributed by atoms with E-state index < -0.39 is 5.97 Å². The summed E-state index contributed by atoms with van der Waals surface area (Å²) in [5, 5.41) is 8.35. The molecule has 0 fully saturated rings. The highest BCUT2D eigenvalue weighted by Crippen LogP contribution is 1.85. The van der Waals surface area contributed by atoms with Gasteiger partial charge >= 0.3 is 5.97 Å². The lowest BCUT2D eigenvalue weighted by atomic mass is 10.5. The normalized spacial score (nSPS) is 10.7.